The largest absolute Gasteiger partial charge is 0.494 e. The van der Waals surface area contributed by atoms with E-state index in [0.29, 0.717) is 6.10 Å². The van der Waals surface area contributed by atoms with E-state index >= 15 is 0 Å². The highest BCUT2D eigenvalue weighted by Gasteiger charge is 2.49. The van der Waals surface area contributed by atoms with Crippen molar-refractivity contribution in [3.63, 3.8) is 0 Å². The number of hydrogen-bond acceptors (Lipinski definition) is 2. The fourth-order valence-electron chi connectivity index (χ4n) is 3.07. The van der Waals surface area contributed by atoms with Crippen LogP contribution in [0.2, 0.25) is 0 Å². The summed E-state index contributed by atoms with van der Waals surface area (Å²) in [6, 6.07) is 8.49. The van der Waals surface area contributed by atoms with Gasteiger partial charge in [0.25, 0.3) is 0 Å². The number of hydrogen-bond donors (Lipinski definition) is 0. The van der Waals surface area contributed by atoms with Crippen molar-refractivity contribution in [2.45, 2.75) is 77.9 Å². The Balaban J connectivity index is 1.65. The predicted octanol–water partition coefficient (Wildman–Crippen LogP) is 5.39. The van der Waals surface area contributed by atoms with Gasteiger partial charge < -0.3 is 9.47 Å². The van der Waals surface area contributed by atoms with Gasteiger partial charge in [0.15, 0.2) is 0 Å². The summed E-state index contributed by atoms with van der Waals surface area (Å²) in [4.78, 5) is 0. The van der Waals surface area contributed by atoms with Crippen LogP contribution in [0.5, 0.6) is 5.75 Å². The molecule has 22 heavy (non-hydrogen) atoms. The Labute approximate surface area is 136 Å². The third-order valence-corrected chi connectivity index (χ3v) is 5.28. The summed E-state index contributed by atoms with van der Waals surface area (Å²) in [5.74, 6) is 1.75. The molecule has 0 saturated carbocycles. The highest BCUT2D eigenvalue weighted by molar-refractivity contribution is 5.27. The second-order valence-electron chi connectivity index (χ2n) is 6.76. The maximum Gasteiger partial charge on any atom is 0.119 e. The van der Waals surface area contributed by atoms with E-state index in [1.54, 1.807) is 0 Å². The van der Waals surface area contributed by atoms with Gasteiger partial charge in [-0.25, -0.2) is 0 Å². The molecule has 0 aromatic heterocycles. The molecular formula is C20H32O2. The van der Waals surface area contributed by atoms with Crippen LogP contribution in [0.1, 0.15) is 65.4 Å². The maximum atomic E-state index is 5.89. The summed E-state index contributed by atoms with van der Waals surface area (Å²) >= 11 is 0. The number of benzene rings is 1. The SMILES string of the molecule is CCc1ccc(OCC[C@H](CC)CC[C@@H]2O[C@]2(C)CC)cc1. The lowest BCUT2D eigenvalue weighted by atomic mass is 9.93. The van der Waals surface area contributed by atoms with Crippen molar-refractivity contribution in [2.75, 3.05) is 6.61 Å². The zero-order chi connectivity index (χ0) is 16.0. The summed E-state index contributed by atoms with van der Waals surface area (Å²) in [6.07, 6.45) is 7.54. The van der Waals surface area contributed by atoms with Crippen molar-refractivity contribution in [3.8, 4) is 5.75 Å². The smallest absolute Gasteiger partial charge is 0.119 e. The molecule has 1 aromatic carbocycles. The standard InChI is InChI=1S/C20H32O2/c1-5-16-8-11-18(12-9-16)21-15-14-17(6-2)10-13-19-20(4,7-3)22-19/h8-9,11-12,17,19H,5-7,10,13-15H2,1-4H3/t17-,19+,20-/m1/s1. The molecule has 3 atom stereocenters. The van der Waals surface area contributed by atoms with Gasteiger partial charge in [-0.05, 0) is 62.6 Å². The molecule has 124 valence electrons. The molecule has 0 bridgehead atoms. The lowest BCUT2D eigenvalue weighted by Crippen LogP contribution is -2.11. The van der Waals surface area contributed by atoms with Crippen LogP contribution in [0.3, 0.4) is 0 Å². The second-order valence-corrected chi connectivity index (χ2v) is 6.76. The van der Waals surface area contributed by atoms with Crippen molar-refractivity contribution in [2.24, 2.45) is 5.92 Å². The predicted molar refractivity (Wildman–Crippen MR) is 92.5 cm³/mol. The molecule has 0 spiro atoms. The minimum absolute atomic E-state index is 0.176. The van der Waals surface area contributed by atoms with Crippen LogP contribution in [0.25, 0.3) is 0 Å². The van der Waals surface area contributed by atoms with E-state index in [1.807, 2.05) is 0 Å². The van der Waals surface area contributed by atoms with Crippen LogP contribution >= 0.6 is 0 Å². The first-order valence-corrected chi connectivity index (χ1v) is 9.00. The first-order valence-electron chi connectivity index (χ1n) is 9.00. The van der Waals surface area contributed by atoms with Crippen molar-refractivity contribution in [1.82, 2.24) is 0 Å². The topological polar surface area (TPSA) is 21.8 Å². The summed E-state index contributed by atoms with van der Waals surface area (Å²) in [5, 5.41) is 0. The van der Waals surface area contributed by atoms with Gasteiger partial charge in [0.05, 0.1) is 18.3 Å². The highest BCUT2D eigenvalue weighted by Crippen LogP contribution is 2.42. The molecule has 2 rings (SSSR count). The molecule has 2 nitrogen and oxygen atoms in total. The summed E-state index contributed by atoms with van der Waals surface area (Å²) < 4.78 is 11.7. The van der Waals surface area contributed by atoms with E-state index in [4.69, 9.17) is 9.47 Å². The Kier molecular flexibility index (Phi) is 6.31. The molecule has 0 radical (unpaired) electrons. The van der Waals surface area contributed by atoms with Gasteiger partial charge in [-0.15, -0.1) is 0 Å². The first-order chi connectivity index (χ1) is 10.6. The molecule has 0 aliphatic carbocycles. The van der Waals surface area contributed by atoms with E-state index in [9.17, 15) is 0 Å². The van der Waals surface area contributed by atoms with Crippen LogP contribution in [0.4, 0.5) is 0 Å². The first kappa shape index (κ1) is 17.3. The number of rotatable bonds is 10. The van der Waals surface area contributed by atoms with Crippen LogP contribution in [0, 0.1) is 5.92 Å². The van der Waals surface area contributed by atoms with Crippen molar-refractivity contribution in [1.29, 1.82) is 0 Å². The molecule has 1 aliphatic rings. The Morgan fingerprint density at radius 1 is 1.14 bits per heavy atom. The van der Waals surface area contributed by atoms with E-state index in [2.05, 4.69) is 52.0 Å². The Morgan fingerprint density at radius 3 is 2.41 bits per heavy atom. The van der Waals surface area contributed by atoms with E-state index < -0.39 is 0 Å². The molecule has 1 fully saturated rings. The molecule has 1 heterocycles. The number of ether oxygens (including phenoxy) is 2. The number of epoxide rings is 1. The Hall–Kier alpha value is -1.02. The average Bonchev–Trinajstić information content (AvgIpc) is 3.22. The van der Waals surface area contributed by atoms with Crippen LogP contribution in [-0.2, 0) is 11.2 Å². The molecule has 0 unspecified atom stereocenters. The fourth-order valence-corrected chi connectivity index (χ4v) is 3.07. The molecule has 1 aromatic rings. The summed E-state index contributed by atoms with van der Waals surface area (Å²) in [6.45, 7) is 9.74. The highest BCUT2D eigenvalue weighted by atomic mass is 16.6. The van der Waals surface area contributed by atoms with Crippen LogP contribution in [-0.4, -0.2) is 18.3 Å². The minimum atomic E-state index is 0.176. The van der Waals surface area contributed by atoms with E-state index in [0.717, 1.165) is 37.5 Å². The average molecular weight is 304 g/mol. The van der Waals surface area contributed by atoms with Gasteiger partial charge in [0, 0.05) is 0 Å². The van der Waals surface area contributed by atoms with Crippen LogP contribution < -0.4 is 4.74 Å². The molecular weight excluding hydrogens is 272 g/mol. The molecule has 0 amide bonds. The van der Waals surface area contributed by atoms with Crippen molar-refractivity contribution >= 4 is 0 Å². The molecule has 2 heteroatoms. The third kappa shape index (κ3) is 4.74. The summed E-state index contributed by atoms with van der Waals surface area (Å²) in [5.41, 5.74) is 1.54. The maximum absolute atomic E-state index is 5.89. The minimum Gasteiger partial charge on any atom is -0.494 e. The van der Waals surface area contributed by atoms with Gasteiger partial charge in [0.2, 0.25) is 0 Å². The third-order valence-electron chi connectivity index (χ3n) is 5.28. The van der Waals surface area contributed by atoms with E-state index in [-0.39, 0.29) is 5.60 Å². The number of aryl methyl sites for hydroxylation is 1. The molecule has 0 N–H and O–H groups in total. The normalized spacial score (nSPS) is 25.0. The lowest BCUT2D eigenvalue weighted by molar-refractivity contribution is 0.259. The monoisotopic (exact) mass is 304 g/mol. The Bertz CT molecular complexity index is 440. The quantitative estimate of drug-likeness (QED) is 0.540. The van der Waals surface area contributed by atoms with Crippen molar-refractivity contribution < 1.29 is 9.47 Å². The zero-order valence-electron chi connectivity index (χ0n) is 14.7. The molecule has 1 aliphatic heterocycles. The second kappa shape index (κ2) is 8.01. The summed E-state index contributed by atoms with van der Waals surface area (Å²) in [7, 11) is 0. The molecule has 1 saturated heterocycles. The van der Waals surface area contributed by atoms with Gasteiger partial charge in [-0.2, -0.15) is 0 Å². The van der Waals surface area contributed by atoms with E-state index in [1.165, 1.54) is 24.8 Å². The lowest BCUT2D eigenvalue weighted by Gasteiger charge is -2.15. The van der Waals surface area contributed by atoms with Gasteiger partial charge in [-0.1, -0.05) is 39.3 Å². The van der Waals surface area contributed by atoms with Gasteiger partial charge in [0.1, 0.15) is 5.75 Å². The zero-order valence-corrected chi connectivity index (χ0v) is 14.7. The van der Waals surface area contributed by atoms with Gasteiger partial charge in [-0.3, -0.25) is 0 Å². The Morgan fingerprint density at radius 2 is 1.86 bits per heavy atom. The van der Waals surface area contributed by atoms with Crippen molar-refractivity contribution in [3.05, 3.63) is 29.8 Å². The van der Waals surface area contributed by atoms with Crippen LogP contribution in [0.15, 0.2) is 24.3 Å². The fraction of sp³-hybridized carbons (Fsp3) is 0.700. The van der Waals surface area contributed by atoms with Gasteiger partial charge >= 0.3 is 0 Å².